The van der Waals surface area contributed by atoms with Crippen LogP contribution in [0.3, 0.4) is 0 Å². The Bertz CT molecular complexity index is 1390. The smallest absolute Gasteiger partial charge is 0.338 e. The standard InChI is InChI=1S/C24H26ClFN4O6S2/c1-3-36-24(32)20-18(12-30-6-8-38(33,34)9-7-30)28-22(23-27-15(13-37-23)11-19(31)35-2)29-21(20)16-5-4-14(26)10-17(16)25/h4-5,10,13,21H,3,6-9,11-12H2,1-2H3,(H,28,29). The second-order valence-electron chi connectivity index (χ2n) is 8.61. The molecule has 1 saturated heterocycles. The third-order valence-corrected chi connectivity index (χ3v) is 8.84. The fraction of sp³-hybridized carbons (Fsp3) is 0.417. The first-order valence-electron chi connectivity index (χ1n) is 11.7. The van der Waals surface area contributed by atoms with E-state index in [0.29, 0.717) is 40.9 Å². The quantitative estimate of drug-likeness (QED) is 0.465. The van der Waals surface area contributed by atoms with Gasteiger partial charge in [0, 0.05) is 41.3 Å². The Hall–Kier alpha value is -2.87. The molecule has 1 aromatic heterocycles. The molecule has 3 heterocycles. The zero-order chi connectivity index (χ0) is 27.4. The fourth-order valence-corrected chi connectivity index (χ4v) is 6.39. The number of sulfone groups is 1. The lowest BCUT2D eigenvalue weighted by atomic mass is 9.95. The first kappa shape index (κ1) is 28.1. The van der Waals surface area contributed by atoms with E-state index >= 15 is 0 Å². The van der Waals surface area contributed by atoms with E-state index in [9.17, 15) is 22.4 Å². The lowest BCUT2D eigenvalue weighted by molar-refractivity contribution is -0.140. The third-order valence-electron chi connectivity index (χ3n) is 6.00. The van der Waals surface area contributed by atoms with Crippen LogP contribution in [0.15, 0.2) is 39.8 Å². The molecule has 10 nitrogen and oxygen atoms in total. The predicted molar refractivity (Wildman–Crippen MR) is 140 cm³/mol. The number of esters is 2. The summed E-state index contributed by atoms with van der Waals surface area (Å²) in [6.45, 7) is 2.58. The molecule has 1 aromatic carbocycles. The van der Waals surface area contributed by atoms with Gasteiger partial charge < -0.3 is 14.8 Å². The van der Waals surface area contributed by atoms with E-state index < -0.39 is 33.6 Å². The summed E-state index contributed by atoms with van der Waals surface area (Å²) in [6, 6.07) is 2.89. The van der Waals surface area contributed by atoms with Crippen LogP contribution < -0.4 is 5.32 Å². The van der Waals surface area contributed by atoms with Crippen LogP contribution in [-0.2, 0) is 35.3 Å². The number of carbonyl (C=O) groups excluding carboxylic acids is 2. The molecule has 1 unspecified atom stereocenters. The maximum Gasteiger partial charge on any atom is 0.338 e. The van der Waals surface area contributed by atoms with Crippen molar-refractivity contribution in [3.8, 4) is 0 Å². The number of methoxy groups -OCH3 is 1. The van der Waals surface area contributed by atoms with Crippen LogP contribution in [0, 0.1) is 5.82 Å². The summed E-state index contributed by atoms with van der Waals surface area (Å²) in [7, 11) is -1.82. The average Bonchev–Trinajstić information content (AvgIpc) is 3.33. The van der Waals surface area contributed by atoms with Gasteiger partial charge in [0.15, 0.2) is 20.7 Å². The summed E-state index contributed by atoms with van der Waals surface area (Å²) >= 11 is 7.65. The van der Waals surface area contributed by atoms with E-state index in [4.69, 9.17) is 26.1 Å². The van der Waals surface area contributed by atoms with E-state index in [1.807, 2.05) is 4.90 Å². The summed E-state index contributed by atoms with van der Waals surface area (Å²) in [5.41, 5.74) is 1.51. The van der Waals surface area contributed by atoms with Gasteiger partial charge >= 0.3 is 11.9 Å². The lowest BCUT2D eigenvalue weighted by Crippen LogP contribution is -2.45. The van der Waals surface area contributed by atoms with Gasteiger partial charge in [-0.25, -0.2) is 22.6 Å². The number of carbonyl (C=O) groups is 2. The number of halogens is 2. The fourth-order valence-electron chi connectivity index (χ4n) is 4.08. The van der Waals surface area contributed by atoms with Crippen LogP contribution in [0.5, 0.6) is 0 Å². The van der Waals surface area contributed by atoms with Crippen molar-refractivity contribution in [1.82, 2.24) is 15.2 Å². The summed E-state index contributed by atoms with van der Waals surface area (Å²) in [4.78, 5) is 36.1. The van der Waals surface area contributed by atoms with Crippen molar-refractivity contribution in [2.45, 2.75) is 19.4 Å². The number of thiazole rings is 1. The van der Waals surface area contributed by atoms with E-state index in [0.717, 1.165) is 6.07 Å². The molecule has 1 N–H and O–H groups in total. The second kappa shape index (κ2) is 11.9. The highest BCUT2D eigenvalue weighted by atomic mass is 35.5. The second-order valence-corrected chi connectivity index (χ2v) is 12.2. The van der Waals surface area contributed by atoms with Crippen molar-refractivity contribution in [2.75, 3.05) is 44.9 Å². The molecule has 0 radical (unpaired) electrons. The molecule has 4 rings (SSSR count). The van der Waals surface area contributed by atoms with Crippen LogP contribution in [0.2, 0.25) is 5.02 Å². The van der Waals surface area contributed by atoms with Gasteiger partial charge in [0.1, 0.15) is 11.9 Å². The zero-order valence-electron chi connectivity index (χ0n) is 20.7. The Morgan fingerprint density at radius 1 is 1.29 bits per heavy atom. The number of benzene rings is 1. The van der Waals surface area contributed by atoms with Crippen LogP contribution in [0.25, 0.3) is 0 Å². The van der Waals surface area contributed by atoms with Gasteiger partial charge in [-0.1, -0.05) is 17.7 Å². The molecule has 0 amide bonds. The first-order valence-corrected chi connectivity index (χ1v) is 14.8. The number of nitrogens with one attached hydrogen (secondary N) is 1. The predicted octanol–water partition coefficient (Wildman–Crippen LogP) is 2.29. The van der Waals surface area contributed by atoms with Crippen molar-refractivity contribution < 1.29 is 31.9 Å². The minimum atomic E-state index is -3.11. The van der Waals surface area contributed by atoms with Crippen LogP contribution in [0.4, 0.5) is 4.39 Å². The minimum absolute atomic E-state index is 0.00650. The summed E-state index contributed by atoms with van der Waals surface area (Å²) in [5.74, 6) is -1.27. The minimum Gasteiger partial charge on any atom is -0.469 e. The van der Waals surface area contributed by atoms with E-state index in [1.165, 1.54) is 30.6 Å². The molecule has 0 bridgehead atoms. The van der Waals surface area contributed by atoms with Gasteiger partial charge in [0.25, 0.3) is 0 Å². The van der Waals surface area contributed by atoms with E-state index in [1.54, 1.807) is 12.3 Å². The summed E-state index contributed by atoms with van der Waals surface area (Å²) in [5, 5.41) is 5.43. The molecule has 14 heteroatoms. The Labute approximate surface area is 228 Å². The molecular weight excluding hydrogens is 559 g/mol. The number of ether oxygens (including phenoxy) is 2. The number of hydrogen-bond acceptors (Lipinski definition) is 11. The Morgan fingerprint density at radius 3 is 2.68 bits per heavy atom. The van der Waals surface area contributed by atoms with Gasteiger partial charge in [-0.05, 0) is 19.1 Å². The normalized spacial score (nSPS) is 19.5. The maximum absolute atomic E-state index is 13.9. The molecule has 0 saturated carbocycles. The Balaban J connectivity index is 1.78. The summed E-state index contributed by atoms with van der Waals surface area (Å²) in [6.07, 6.45) is -0.0213. The molecule has 0 spiro atoms. The zero-order valence-corrected chi connectivity index (χ0v) is 23.1. The number of amidine groups is 1. The molecule has 204 valence electrons. The van der Waals surface area contributed by atoms with Crippen LogP contribution in [0.1, 0.15) is 29.2 Å². The van der Waals surface area contributed by atoms with Crippen molar-refractivity contribution in [3.05, 3.63) is 62.0 Å². The van der Waals surface area contributed by atoms with Crippen molar-refractivity contribution >= 4 is 50.5 Å². The SMILES string of the molecule is CCOC(=O)C1=C(CN2CCS(=O)(=O)CC2)NC(c2nc(CC(=O)OC)cs2)=NC1c1ccc(F)cc1Cl. The number of aromatic nitrogens is 1. The highest BCUT2D eigenvalue weighted by Gasteiger charge is 2.35. The van der Waals surface area contributed by atoms with Crippen LogP contribution >= 0.6 is 22.9 Å². The largest absolute Gasteiger partial charge is 0.469 e. The number of nitrogens with zero attached hydrogens (tertiary/aromatic N) is 3. The van der Waals surface area contributed by atoms with E-state index in [-0.39, 0.29) is 41.7 Å². The van der Waals surface area contributed by atoms with Crippen molar-refractivity contribution in [3.63, 3.8) is 0 Å². The average molecular weight is 585 g/mol. The highest BCUT2D eigenvalue weighted by molar-refractivity contribution is 7.91. The molecule has 2 aliphatic heterocycles. The van der Waals surface area contributed by atoms with Crippen LogP contribution in [-0.4, -0.2) is 80.9 Å². The lowest BCUT2D eigenvalue weighted by Gasteiger charge is -2.32. The molecule has 1 atom stereocenters. The number of aliphatic imine (C=N–C) groups is 1. The molecule has 1 fully saturated rings. The molecule has 0 aliphatic carbocycles. The Kier molecular flexibility index (Phi) is 8.81. The topological polar surface area (TPSA) is 127 Å². The highest BCUT2D eigenvalue weighted by Crippen LogP contribution is 2.37. The van der Waals surface area contributed by atoms with Gasteiger partial charge in [-0.3, -0.25) is 14.7 Å². The molecular formula is C24H26ClFN4O6S2. The van der Waals surface area contributed by atoms with Crippen molar-refractivity contribution in [1.29, 1.82) is 0 Å². The molecule has 2 aromatic rings. The van der Waals surface area contributed by atoms with Gasteiger partial charge in [0.05, 0.1) is 42.9 Å². The monoisotopic (exact) mass is 584 g/mol. The number of hydrogen-bond donors (Lipinski definition) is 1. The van der Waals surface area contributed by atoms with Gasteiger partial charge in [-0.2, -0.15) is 0 Å². The maximum atomic E-state index is 13.9. The Morgan fingerprint density at radius 2 is 2.03 bits per heavy atom. The van der Waals surface area contributed by atoms with E-state index in [2.05, 4.69) is 10.3 Å². The van der Waals surface area contributed by atoms with Crippen molar-refractivity contribution in [2.24, 2.45) is 4.99 Å². The van der Waals surface area contributed by atoms with Gasteiger partial charge in [0.2, 0.25) is 0 Å². The summed E-state index contributed by atoms with van der Waals surface area (Å²) < 4.78 is 47.8. The molecule has 38 heavy (non-hydrogen) atoms. The number of rotatable bonds is 8. The first-order chi connectivity index (χ1) is 18.1. The third kappa shape index (κ3) is 6.57. The van der Waals surface area contributed by atoms with Gasteiger partial charge in [-0.15, -0.1) is 11.3 Å². The molecule has 2 aliphatic rings.